The van der Waals surface area contributed by atoms with E-state index in [-0.39, 0.29) is 11.5 Å². The molecule has 0 N–H and O–H groups in total. The van der Waals surface area contributed by atoms with Gasteiger partial charge in [0.2, 0.25) is 0 Å². The van der Waals surface area contributed by atoms with Crippen LogP contribution in [-0.2, 0) is 19.6 Å². The Morgan fingerprint density at radius 1 is 1.14 bits per heavy atom. The van der Waals surface area contributed by atoms with Crippen molar-refractivity contribution in [2.24, 2.45) is 0 Å². The highest BCUT2D eigenvalue weighted by atomic mass is 32.2. The molecule has 146 valence electrons. The zero-order valence-corrected chi connectivity index (χ0v) is 16.7. The molecule has 3 rings (SSSR count). The van der Waals surface area contributed by atoms with E-state index in [9.17, 15) is 13.2 Å². The number of ether oxygens (including phenoxy) is 2. The lowest BCUT2D eigenvalue weighted by atomic mass is 10.1. The fourth-order valence-electron chi connectivity index (χ4n) is 3.08. The molecule has 0 radical (unpaired) electrons. The van der Waals surface area contributed by atoms with Crippen molar-refractivity contribution in [3.63, 3.8) is 0 Å². The summed E-state index contributed by atoms with van der Waals surface area (Å²) in [4.78, 5) is 11.9. The molecule has 0 bridgehead atoms. The first-order valence-corrected chi connectivity index (χ1v) is 10.2. The molecule has 0 aliphatic carbocycles. The molecule has 3 aromatic rings. The first-order valence-electron chi connectivity index (χ1n) is 8.74. The van der Waals surface area contributed by atoms with Crippen LogP contribution in [-0.4, -0.2) is 32.1 Å². The topological polar surface area (TPSA) is 74.6 Å². The number of benzene rings is 2. The number of fused-ring (bicyclic) bond motifs is 1. The van der Waals surface area contributed by atoms with Crippen molar-refractivity contribution in [1.82, 2.24) is 3.97 Å². The number of methoxy groups -OCH3 is 1. The summed E-state index contributed by atoms with van der Waals surface area (Å²) < 4.78 is 38.1. The maximum atomic E-state index is 13.3. The van der Waals surface area contributed by atoms with Crippen LogP contribution in [0.1, 0.15) is 18.2 Å². The summed E-state index contributed by atoms with van der Waals surface area (Å²) in [7, 11) is -2.28. The van der Waals surface area contributed by atoms with Crippen molar-refractivity contribution in [2.45, 2.75) is 18.7 Å². The van der Waals surface area contributed by atoms with Gasteiger partial charge in [-0.1, -0.05) is 18.2 Å². The lowest BCUT2D eigenvalue weighted by Gasteiger charge is -2.10. The van der Waals surface area contributed by atoms with Gasteiger partial charge in [-0.05, 0) is 50.3 Å². The standard InChI is InChI=1S/C21H21NO5S/c1-4-27-21(23)13-11-18-15(2)22(20-12-10-16(26-3)14-19(18)20)28(24,25)17-8-6-5-7-9-17/h5-14H,4H2,1-3H3/b13-11+. The number of hydrogen-bond acceptors (Lipinski definition) is 5. The zero-order chi connectivity index (χ0) is 20.3. The van der Waals surface area contributed by atoms with E-state index >= 15 is 0 Å². The van der Waals surface area contributed by atoms with Crippen LogP contribution in [0.4, 0.5) is 0 Å². The van der Waals surface area contributed by atoms with E-state index in [1.54, 1.807) is 75.6 Å². The number of esters is 1. The number of nitrogens with zero attached hydrogens (tertiary/aromatic N) is 1. The van der Waals surface area contributed by atoms with E-state index in [2.05, 4.69) is 0 Å². The van der Waals surface area contributed by atoms with Crippen LogP contribution in [0, 0.1) is 6.92 Å². The first-order chi connectivity index (χ1) is 13.4. The second kappa shape index (κ2) is 7.90. The predicted octanol–water partition coefficient (Wildman–Crippen LogP) is 3.77. The fraction of sp³-hybridized carbons (Fsp3) is 0.190. The van der Waals surface area contributed by atoms with E-state index in [0.29, 0.717) is 27.9 Å². The Morgan fingerprint density at radius 3 is 2.50 bits per heavy atom. The van der Waals surface area contributed by atoms with Gasteiger partial charge < -0.3 is 9.47 Å². The molecule has 0 saturated carbocycles. The molecular formula is C21H21NO5S. The van der Waals surface area contributed by atoms with Crippen molar-refractivity contribution < 1.29 is 22.7 Å². The smallest absolute Gasteiger partial charge is 0.330 e. The van der Waals surface area contributed by atoms with Crippen LogP contribution in [0.5, 0.6) is 5.75 Å². The van der Waals surface area contributed by atoms with Crippen LogP contribution < -0.4 is 4.74 Å². The molecule has 6 nitrogen and oxygen atoms in total. The molecule has 0 unspecified atom stereocenters. The molecule has 1 heterocycles. The third-order valence-electron chi connectivity index (χ3n) is 4.36. The minimum Gasteiger partial charge on any atom is -0.497 e. The Balaban J connectivity index is 2.27. The Morgan fingerprint density at radius 2 is 1.86 bits per heavy atom. The van der Waals surface area contributed by atoms with Gasteiger partial charge in [-0.25, -0.2) is 17.2 Å². The van der Waals surface area contributed by atoms with Gasteiger partial charge in [0.1, 0.15) is 5.75 Å². The Labute approximate surface area is 164 Å². The summed E-state index contributed by atoms with van der Waals surface area (Å²) in [6.07, 6.45) is 2.87. The van der Waals surface area contributed by atoms with Gasteiger partial charge in [0.05, 0.1) is 24.1 Å². The number of carbonyl (C=O) groups is 1. The molecule has 0 atom stereocenters. The van der Waals surface area contributed by atoms with E-state index in [4.69, 9.17) is 9.47 Å². The normalized spacial score (nSPS) is 11.8. The van der Waals surface area contributed by atoms with E-state index in [1.165, 1.54) is 10.0 Å². The quantitative estimate of drug-likeness (QED) is 0.466. The lowest BCUT2D eigenvalue weighted by Crippen LogP contribution is -2.14. The number of hydrogen-bond donors (Lipinski definition) is 0. The maximum absolute atomic E-state index is 13.3. The van der Waals surface area contributed by atoms with Crippen LogP contribution >= 0.6 is 0 Å². The number of rotatable bonds is 6. The van der Waals surface area contributed by atoms with Crippen LogP contribution in [0.25, 0.3) is 17.0 Å². The maximum Gasteiger partial charge on any atom is 0.330 e. The second-order valence-electron chi connectivity index (χ2n) is 6.05. The van der Waals surface area contributed by atoms with Gasteiger partial charge in [-0.3, -0.25) is 0 Å². The van der Waals surface area contributed by atoms with Gasteiger partial charge in [-0.15, -0.1) is 0 Å². The summed E-state index contributed by atoms with van der Waals surface area (Å²) in [6, 6.07) is 13.4. The second-order valence-corrected chi connectivity index (χ2v) is 7.84. The molecule has 0 aliphatic rings. The van der Waals surface area contributed by atoms with Gasteiger partial charge in [0.25, 0.3) is 10.0 Å². The molecule has 0 amide bonds. The Hall–Kier alpha value is -3.06. The van der Waals surface area contributed by atoms with Crippen molar-refractivity contribution in [1.29, 1.82) is 0 Å². The highest BCUT2D eigenvalue weighted by Crippen LogP contribution is 2.33. The highest BCUT2D eigenvalue weighted by molar-refractivity contribution is 7.90. The first kappa shape index (κ1) is 19.7. The van der Waals surface area contributed by atoms with Crippen LogP contribution in [0.3, 0.4) is 0 Å². The number of aromatic nitrogens is 1. The van der Waals surface area contributed by atoms with Crippen LogP contribution in [0.15, 0.2) is 59.5 Å². The summed E-state index contributed by atoms with van der Waals surface area (Å²) in [5.41, 5.74) is 1.61. The predicted molar refractivity (Wildman–Crippen MR) is 108 cm³/mol. The van der Waals surface area contributed by atoms with Crippen molar-refractivity contribution in [2.75, 3.05) is 13.7 Å². The average molecular weight is 399 g/mol. The minimum atomic E-state index is -3.82. The monoisotopic (exact) mass is 399 g/mol. The van der Waals surface area contributed by atoms with Crippen molar-refractivity contribution in [3.8, 4) is 5.75 Å². The molecule has 1 aromatic heterocycles. The van der Waals surface area contributed by atoms with E-state index < -0.39 is 16.0 Å². The Kier molecular flexibility index (Phi) is 5.56. The summed E-state index contributed by atoms with van der Waals surface area (Å²) in [5.74, 6) is 0.101. The number of carbonyl (C=O) groups excluding carboxylic acids is 1. The molecule has 0 saturated heterocycles. The third kappa shape index (κ3) is 3.53. The fourth-order valence-corrected chi connectivity index (χ4v) is 4.67. The molecule has 0 spiro atoms. The van der Waals surface area contributed by atoms with Gasteiger partial charge in [0.15, 0.2) is 0 Å². The molecule has 28 heavy (non-hydrogen) atoms. The highest BCUT2D eigenvalue weighted by Gasteiger charge is 2.24. The van der Waals surface area contributed by atoms with Crippen molar-refractivity contribution >= 4 is 33.0 Å². The van der Waals surface area contributed by atoms with E-state index in [1.807, 2.05) is 0 Å². The summed E-state index contributed by atoms with van der Waals surface area (Å²) >= 11 is 0. The van der Waals surface area contributed by atoms with Gasteiger partial charge in [0, 0.05) is 22.7 Å². The SMILES string of the molecule is CCOC(=O)/C=C/c1c(C)n(S(=O)(=O)c2ccccc2)c2ccc(OC)cc12. The van der Waals surface area contributed by atoms with Crippen molar-refractivity contribution in [3.05, 3.63) is 65.9 Å². The van der Waals surface area contributed by atoms with E-state index in [0.717, 1.165) is 0 Å². The molecule has 0 fully saturated rings. The largest absolute Gasteiger partial charge is 0.497 e. The lowest BCUT2D eigenvalue weighted by molar-refractivity contribution is -0.137. The zero-order valence-electron chi connectivity index (χ0n) is 15.9. The van der Waals surface area contributed by atoms with Gasteiger partial charge >= 0.3 is 5.97 Å². The Bertz CT molecular complexity index is 1140. The molecule has 2 aromatic carbocycles. The molecule has 0 aliphatic heterocycles. The van der Waals surface area contributed by atoms with Gasteiger partial charge in [-0.2, -0.15) is 0 Å². The third-order valence-corrected chi connectivity index (χ3v) is 6.18. The van der Waals surface area contributed by atoms with Crippen LogP contribution in [0.2, 0.25) is 0 Å². The average Bonchev–Trinajstić information content (AvgIpc) is 2.98. The summed E-state index contributed by atoms with van der Waals surface area (Å²) in [6.45, 7) is 3.69. The molecule has 7 heteroatoms. The minimum absolute atomic E-state index is 0.187. The summed E-state index contributed by atoms with van der Waals surface area (Å²) in [5, 5.41) is 0.664. The molecular weight excluding hydrogens is 378 g/mol.